The minimum Gasteiger partial charge on any atom is -0.504 e. The highest BCUT2D eigenvalue weighted by molar-refractivity contribution is 6.27. The van der Waals surface area contributed by atoms with Crippen LogP contribution in [0.4, 0.5) is 0 Å². The van der Waals surface area contributed by atoms with E-state index in [1.54, 1.807) is 12.1 Å². The fourth-order valence-corrected chi connectivity index (χ4v) is 4.31. The molecule has 1 atom stereocenters. The summed E-state index contributed by atoms with van der Waals surface area (Å²) in [5.41, 5.74) is 2.56. The van der Waals surface area contributed by atoms with Gasteiger partial charge in [-0.05, 0) is 43.0 Å². The summed E-state index contributed by atoms with van der Waals surface area (Å²) in [5.74, 6) is -0.629. The molecule has 1 fully saturated rings. The number of aromatic hydroxyl groups is 1. The van der Waals surface area contributed by atoms with Crippen LogP contribution in [0.5, 0.6) is 11.5 Å². The monoisotopic (exact) mass is 458 g/mol. The van der Waals surface area contributed by atoms with Crippen LogP contribution in [-0.4, -0.2) is 40.9 Å². The summed E-state index contributed by atoms with van der Waals surface area (Å²) in [4.78, 5) is 28.0. The third kappa shape index (κ3) is 5.94. The van der Waals surface area contributed by atoms with E-state index in [1.807, 2.05) is 31.2 Å². The number of ether oxygens (including phenoxy) is 1. The Morgan fingerprint density at radius 2 is 1.84 bits per heavy atom. The van der Waals surface area contributed by atoms with Crippen molar-refractivity contribution in [3.05, 3.63) is 59.2 Å². The summed E-state index contributed by atoms with van der Waals surface area (Å²) in [6.07, 6.45) is 5.19. The fraction of sp³-hybridized carbons (Fsp3) is 0.440. The molecule has 32 heavy (non-hydrogen) atoms. The Bertz CT molecular complexity index is 926. The second kappa shape index (κ2) is 11.2. The van der Waals surface area contributed by atoms with Crippen molar-refractivity contribution < 1.29 is 19.4 Å². The molecule has 0 spiro atoms. The Morgan fingerprint density at radius 1 is 1.16 bits per heavy atom. The van der Waals surface area contributed by atoms with E-state index < -0.39 is 6.04 Å². The third-order valence-electron chi connectivity index (χ3n) is 5.94. The van der Waals surface area contributed by atoms with Crippen LogP contribution in [0.2, 0.25) is 0 Å². The second-order valence-electron chi connectivity index (χ2n) is 8.32. The number of methoxy groups -OCH3 is 1. The van der Waals surface area contributed by atoms with Gasteiger partial charge in [0, 0.05) is 12.6 Å². The predicted molar refractivity (Wildman–Crippen MR) is 125 cm³/mol. The highest BCUT2D eigenvalue weighted by Gasteiger charge is 2.33. The largest absolute Gasteiger partial charge is 0.504 e. The Kier molecular flexibility index (Phi) is 8.39. The van der Waals surface area contributed by atoms with Gasteiger partial charge >= 0.3 is 0 Å². The van der Waals surface area contributed by atoms with E-state index in [0.717, 1.165) is 36.8 Å². The molecule has 0 saturated heterocycles. The Balaban J connectivity index is 1.99. The quantitative estimate of drug-likeness (QED) is 0.572. The van der Waals surface area contributed by atoms with Crippen LogP contribution in [0, 0.1) is 6.92 Å². The minimum atomic E-state index is -0.904. The first-order valence-corrected chi connectivity index (χ1v) is 11.5. The first-order valence-electron chi connectivity index (χ1n) is 11.0. The van der Waals surface area contributed by atoms with Crippen molar-refractivity contribution in [3.8, 4) is 11.5 Å². The van der Waals surface area contributed by atoms with Crippen molar-refractivity contribution in [1.82, 2.24) is 10.2 Å². The summed E-state index contributed by atoms with van der Waals surface area (Å²) in [5, 5.41) is 13.2. The molecule has 0 radical (unpaired) electrons. The lowest BCUT2D eigenvalue weighted by Gasteiger charge is -2.33. The molecule has 2 aromatic carbocycles. The van der Waals surface area contributed by atoms with Gasteiger partial charge in [0.05, 0.1) is 7.11 Å². The molecule has 0 unspecified atom stereocenters. The maximum absolute atomic E-state index is 13.6. The summed E-state index contributed by atoms with van der Waals surface area (Å²) in [6, 6.07) is 11.7. The third-order valence-corrected chi connectivity index (χ3v) is 6.17. The van der Waals surface area contributed by atoms with Gasteiger partial charge in [-0.2, -0.15) is 0 Å². The maximum Gasteiger partial charge on any atom is 0.247 e. The average molecular weight is 459 g/mol. The van der Waals surface area contributed by atoms with E-state index in [9.17, 15) is 14.7 Å². The first-order chi connectivity index (χ1) is 15.4. The van der Waals surface area contributed by atoms with Crippen LogP contribution in [0.25, 0.3) is 0 Å². The standard InChI is InChI=1S/C25H31ClN2O4/c1-17-8-10-18(11-9-17)16-28(23(30)15-26)24(19-12-13-21(29)22(14-19)32-2)25(31)27-20-6-4-3-5-7-20/h8-14,20,24,29H,3-7,15-16H2,1-2H3,(H,27,31)/t24-/m1/s1. The summed E-state index contributed by atoms with van der Waals surface area (Å²) in [7, 11) is 1.45. The number of phenolic OH excluding ortho intramolecular Hbond substituents is 1. The molecule has 0 heterocycles. The maximum atomic E-state index is 13.6. The number of halogens is 1. The van der Waals surface area contributed by atoms with Crippen molar-refractivity contribution in [1.29, 1.82) is 0 Å². The van der Waals surface area contributed by atoms with E-state index in [-0.39, 0.29) is 41.8 Å². The molecule has 0 aromatic heterocycles. The lowest BCUT2D eigenvalue weighted by molar-refractivity contribution is -0.140. The fourth-order valence-electron chi connectivity index (χ4n) is 4.15. The SMILES string of the molecule is COc1cc([C@H](C(=O)NC2CCCCC2)N(Cc2ccc(C)cc2)C(=O)CCl)ccc1O. The van der Waals surface area contributed by atoms with Crippen LogP contribution in [0.3, 0.4) is 0 Å². The van der Waals surface area contributed by atoms with Gasteiger partial charge in [-0.25, -0.2) is 0 Å². The molecule has 2 N–H and O–H groups in total. The number of benzene rings is 2. The number of hydrogen-bond donors (Lipinski definition) is 2. The lowest BCUT2D eigenvalue weighted by Crippen LogP contribution is -2.47. The van der Waals surface area contributed by atoms with Crippen molar-refractivity contribution in [3.63, 3.8) is 0 Å². The molecule has 2 aromatic rings. The second-order valence-corrected chi connectivity index (χ2v) is 8.59. The Morgan fingerprint density at radius 3 is 2.47 bits per heavy atom. The average Bonchev–Trinajstić information content (AvgIpc) is 2.81. The van der Waals surface area contributed by atoms with E-state index in [2.05, 4.69) is 5.32 Å². The number of nitrogens with one attached hydrogen (secondary N) is 1. The van der Waals surface area contributed by atoms with Gasteiger partial charge in [0.2, 0.25) is 11.8 Å². The number of aryl methyl sites for hydroxylation is 1. The molecule has 1 aliphatic rings. The number of carbonyl (C=O) groups is 2. The number of carbonyl (C=O) groups excluding carboxylic acids is 2. The van der Waals surface area contributed by atoms with Gasteiger partial charge in [-0.1, -0.05) is 55.2 Å². The first kappa shape index (κ1) is 23.9. The molecule has 1 saturated carbocycles. The van der Waals surface area contributed by atoms with Crippen LogP contribution in [0.15, 0.2) is 42.5 Å². The van der Waals surface area contributed by atoms with Crippen molar-refractivity contribution in [2.24, 2.45) is 0 Å². The topological polar surface area (TPSA) is 78.9 Å². The van der Waals surface area contributed by atoms with E-state index in [0.29, 0.717) is 5.56 Å². The number of alkyl halides is 1. The zero-order valence-electron chi connectivity index (χ0n) is 18.6. The summed E-state index contributed by atoms with van der Waals surface area (Å²) < 4.78 is 5.25. The number of phenols is 1. The molecule has 1 aliphatic carbocycles. The van der Waals surface area contributed by atoms with E-state index in [4.69, 9.17) is 16.3 Å². The van der Waals surface area contributed by atoms with E-state index in [1.165, 1.54) is 24.5 Å². The molecule has 3 rings (SSSR count). The van der Waals surface area contributed by atoms with Crippen LogP contribution in [-0.2, 0) is 16.1 Å². The van der Waals surface area contributed by atoms with Crippen LogP contribution < -0.4 is 10.1 Å². The molecule has 0 bridgehead atoms. The van der Waals surface area contributed by atoms with Crippen LogP contribution in [0.1, 0.15) is 54.8 Å². The Hall–Kier alpha value is -2.73. The van der Waals surface area contributed by atoms with E-state index >= 15 is 0 Å². The number of hydrogen-bond acceptors (Lipinski definition) is 4. The van der Waals surface area contributed by atoms with Crippen LogP contribution >= 0.6 is 11.6 Å². The molecule has 2 amide bonds. The summed E-state index contributed by atoms with van der Waals surface area (Å²) >= 11 is 5.96. The van der Waals surface area contributed by atoms with Gasteiger partial charge < -0.3 is 20.1 Å². The smallest absolute Gasteiger partial charge is 0.247 e. The van der Waals surface area contributed by atoms with Gasteiger partial charge in [0.15, 0.2) is 11.5 Å². The lowest BCUT2D eigenvalue weighted by atomic mass is 9.94. The Labute approximate surface area is 194 Å². The van der Waals surface area contributed by atoms with Crippen molar-refractivity contribution in [2.75, 3.05) is 13.0 Å². The molecule has 172 valence electrons. The van der Waals surface area contributed by atoms with Crippen molar-refractivity contribution >= 4 is 23.4 Å². The number of amides is 2. The van der Waals surface area contributed by atoms with Gasteiger partial charge in [-0.15, -0.1) is 11.6 Å². The minimum absolute atomic E-state index is 0.0311. The molecular weight excluding hydrogens is 428 g/mol. The normalized spacial score (nSPS) is 15.1. The summed E-state index contributed by atoms with van der Waals surface area (Å²) in [6.45, 7) is 2.23. The highest BCUT2D eigenvalue weighted by Crippen LogP contribution is 2.33. The molecule has 7 heteroatoms. The number of rotatable bonds is 8. The predicted octanol–water partition coefficient (Wildman–Crippen LogP) is 4.47. The van der Waals surface area contributed by atoms with Gasteiger partial charge in [-0.3, -0.25) is 9.59 Å². The van der Waals surface area contributed by atoms with Gasteiger partial charge in [0.25, 0.3) is 0 Å². The highest BCUT2D eigenvalue weighted by atomic mass is 35.5. The zero-order chi connectivity index (χ0) is 23.1. The molecule has 0 aliphatic heterocycles. The molecule has 6 nitrogen and oxygen atoms in total. The van der Waals surface area contributed by atoms with Gasteiger partial charge in [0.1, 0.15) is 11.9 Å². The number of nitrogens with zero attached hydrogens (tertiary/aromatic N) is 1. The van der Waals surface area contributed by atoms with Crippen molar-refractivity contribution in [2.45, 2.75) is 57.7 Å². The zero-order valence-corrected chi connectivity index (χ0v) is 19.4. The molecular formula is C25H31ClN2O4.